The summed E-state index contributed by atoms with van der Waals surface area (Å²) in [6.45, 7) is 4.50. The Bertz CT molecular complexity index is 1400. The SMILES string of the molecule is CCC(Sc1cccc(NC(=O)Cc2ccc(Cl)cc2)c1)C(=O)Nc1sc2c(c1C#N)CCN(C(C)=O)C2. The van der Waals surface area contributed by atoms with Crippen molar-refractivity contribution in [1.29, 1.82) is 5.26 Å². The van der Waals surface area contributed by atoms with Crippen molar-refractivity contribution in [2.24, 2.45) is 0 Å². The molecule has 2 heterocycles. The van der Waals surface area contributed by atoms with E-state index in [1.54, 1.807) is 17.0 Å². The number of anilines is 2. The molecular weight excluding hydrogens is 540 g/mol. The first kappa shape index (κ1) is 27.7. The number of rotatable bonds is 8. The molecule has 0 radical (unpaired) electrons. The number of carbonyl (C=O) groups is 3. The number of amides is 3. The molecule has 0 saturated carbocycles. The van der Waals surface area contributed by atoms with E-state index in [2.05, 4.69) is 16.7 Å². The van der Waals surface area contributed by atoms with Gasteiger partial charge in [0, 0.05) is 34.0 Å². The minimum absolute atomic E-state index is 0.000935. The van der Waals surface area contributed by atoms with Gasteiger partial charge >= 0.3 is 0 Å². The van der Waals surface area contributed by atoms with Gasteiger partial charge in [-0.05, 0) is 54.3 Å². The van der Waals surface area contributed by atoms with Crippen LogP contribution in [-0.2, 0) is 33.8 Å². The topological polar surface area (TPSA) is 102 Å². The second-order valence-electron chi connectivity index (χ2n) is 8.89. The van der Waals surface area contributed by atoms with Gasteiger partial charge in [-0.25, -0.2) is 0 Å². The summed E-state index contributed by atoms with van der Waals surface area (Å²) in [5, 5.41) is 16.4. The lowest BCUT2D eigenvalue weighted by atomic mass is 10.0. The average Bonchev–Trinajstić information content (AvgIpc) is 3.24. The lowest BCUT2D eigenvalue weighted by Crippen LogP contribution is -2.33. The normalized spacial score (nSPS) is 13.3. The lowest BCUT2D eigenvalue weighted by molar-refractivity contribution is -0.129. The first-order valence-electron chi connectivity index (χ1n) is 12.2. The van der Waals surface area contributed by atoms with Gasteiger partial charge in [-0.2, -0.15) is 5.26 Å². The van der Waals surface area contributed by atoms with Gasteiger partial charge in [0.25, 0.3) is 0 Å². The van der Waals surface area contributed by atoms with Gasteiger partial charge in [-0.3, -0.25) is 14.4 Å². The number of nitrogens with zero attached hydrogens (tertiary/aromatic N) is 2. The Hall–Kier alpha value is -3.32. The number of hydrogen-bond acceptors (Lipinski definition) is 6. The molecule has 0 spiro atoms. The minimum atomic E-state index is -0.394. The number of nitriles is 1. The van der Waals surface area contributed by atoms with E-state index in [0.717, 1.165) is 20.9 Å². The predicted molar refractivity (Wildman–Crippen MR) is 153 cm³/mol. The molecule has 38 heavy (non-hydrogen) atoms. The van der Waals surface area contributed by atoms with Crippen LogP contribution in [0.15, 0.2) is 53.4 Å². The Morgan fingerprint density at radius 1 is 1.18 bits per heavy atom. The molecule has 4 rings (SSSR count). The summed E-state index contributed by atoms with van der Waals surface area (Å²) in [5.74, 6) is -0.333. The number of thiophene rings is 1. The van der Waals surface area contributed by atoms with Crippen LogP contribution >= 0.6 is 34.7 Å². The molecule has 3 aromatic rings. The van der Waals surface area contributed by atoms with Crippen molar-refractivity contribution < 1.29 is 14.4 Å². The second-order valence-corrected chi connectivity index (χ2v) is 11.7. The van der Waals surface area contributed by atoms with Crippen LogP contribution in [0.3, 0.4) is 0 Å². The number of benzene rings is 2. The van der Waals surface area contributed by atoms with Gasteiger partial charge in [-0.1, -0.05) is 36.7 Å². The van der Waals surface area contributed by atoms with Crippen molar-refractivity contribution in [2.75, 3.05) is 17.2 Å². The number of hydrogen-bond donors (Lipinski definition) is 2. The highest BCUT2D eigenvalue weighted by Crippen LogP contribution is 2.37. The van der Waals surface area contributed by atoms with Crippen molar-refractivity contribution in [3.63, 3.8) is 0 Å². The number of carbonyl (C=O) groups excluding carboxylic acids is 3. The maximum absolute atomic E-state index is 13.2. The fraction of sp³-hybridized carbons (Fsp3) is 0.286. The van der Waals surface area contributed by atoms with Crippen LogP contribution in [0.4, 0.5) is 10.7 Å². The number of thioether (sulfide) groups is 1. The third kappa shape index (κ3) is 6.76. The van der Waals surface area contributed by atoms with Gasteiger partial charge < -0.3 is 15.5 Å². The first-order valence-corrected chi connectivity index (χ1v) is 14.3. The highest BCUT2D eigenvalue weighted by Gasteiger charge is 2.27. The molecule has 0 bridgehead atoms. The van der Waals surface area contributed by atoms with Crippen LogP contribution in [0.25, 0.3) is 0 Å². The Balaban J connectivity index is 1.41. The zero-order chi connectivity index (χ0) is 27.2. The second kappa shape index (κ2) is 12.5. The molecule has 1 aliphatic heterocycles. The third-order valence-electron chi connectivity index (χ3n) is 6.19. The van der Waals surface area contributed by atoms with Gasteiger partial charge in [-0.15, -0.1) is 23.1 Å². The van der Waals surface area contributed by atoms with Crippen molar-refractivity contribution >= 4 is 63.1 Å². The number of halogens is 1. The van der Waals surface area contributed by atoms with Crippen molar-refractivity contribution in [2.45, 2.75) is 49.8 Å². The van der Waals surface area contributed by atoms with Crippen molar-refractivity contribution in [3.05, 3.63) is 75.1 Å². The van der Waals surface area contributed by atoms with Crippen LogP contribution in [0.2, 0.25) is 5.02 Å². The van der Waals surface area contributed by atoms with E-state index < -0.39 is 5.25 Å². The summed E-state index contributed by atoms with van der Waals surface area (Å²) in [6.07, 6.45) is 1.41. The van der Waals surface area contributed by atoms with E-state index >= 15 is 0 Å². The molecule has 7 nitrogen and oxygen atoms in total. The molecular formula is C28H27ClN4O3S2. The monoisotopic (exact) mass is 566 g/mol. The number of fused-ring (bicyclic) bond motifs is 1. The molecule has 2 aromatic carbocycles. The molecule has 1 atom stereocenters. The molecule has 1 unspecified atom stereocenters. The van der Waals surface area contributed by atoms with Crippen LogP contribution in [0, 0.1) is 11.3 Å². The Labute approximate surface area is 235 Å². The summed E-state index contributed by atoms with van der Waals surface area (Å²) < 4.78 is 0. The Morgan fingerprint density at radius 2 is 1.95 bits per heavy atom. The summed E-state index contributed by atoms with van der Waals surface area (Å²) in [6, 6.07) is 16.8. The molecule has 1 aromatic heterocycles. The molecule has 0 aliphatic carbocycles. The maximum atomic E-state index is 13.2. The molecule has 3 amide bonds. The van der Waals surface area contributed by atoms with E-state index in [0.29, 0.717) is 47.2 Å². The van der Waals surface area contributed by atoms with E-state index in [9.17, 15) is 19.6 Å². The molecule has 196 valence electrons. The predicted octanol–water partition coefficient (Wildman–Crippen LogP) is 5.87. The summed E-state index contributed by atoms with van der Waals surface area (Å²) in [7, 11) is 0. The van der Waals surface area contributed by atoms with Crippen LogP contribution in [0.5, 0.6) is 0 Å². The molecule has 0 fully saturated rings. The molecule has 10 heteroatoms. The van der Waals surface area contributed by atoms with Gasteiger partial charge in [0.1, 0.15) is 11.1 Å². The smallest absolute Gasteiger partial charge is 0.238 e. The molecule has 2 N–H and O–H groups in total. The Kier molecular flexibility index (Phi) is 9.10. The summed E-state index contributed by atoms with van der Waals surface area (Å²) in [4.78, 5) is 41.1. The van der Waals surface area contributed by atoms with E-state index in [4.69, 9.17) is 11.6 Å². The largest absolute Gasteiger partial charge is 0.337 e. The molecule has 1 aliphatic rings. The van der Waals surface area contributed by atoms with Crippen LogP contribution < -0.4 is 10.6 Å². The minimum Gasteiger partial charge on any atom is -0.337 e. The summed E-state index contributed by atoms with van der Waals surface area (Å²) >= 11 is 8.69. The number of nitrogens with one attached hydrogen (secondary N) is 2. The van der Waals surface area contributed by atoms with Gasteiger partial charge in [0.05, 0.1) is 23.8 Å². The Morgan fingerprint density at radius 3 is 2.63 bits per heavy atom. The fourth-order valence-electron chi connectivity index (χ4n) is 4.20. The van der Waals surface area contributed by atoms with Crippen LogP contribution in [0.1, 0.15) is 41.8 Å². The standard InChI is InChI=1S/C28H27ClN4O3S2/c1-3-24(27(36)32-28-23(15-30)22-11-12-33(17(2)34)16-25(22)38-28)37-21-6-4-5-20(14-21)31-26(35)13-18-7-9-19(29)10-8-18/h4-10,14,24H,3,11-13,16H2,1-2H3,(H,31,35)(H,32,36). The van der Waals surface area contributed by atoms with E-state index in [-0.39, 0.29) is 24.1 Å². The average molecular weight is 567 g/mol. The zero-order valence-corrected chi connectivity index (χ0v) is 23.4. The lowest BCUT2D eigenvalue weighted by Gasteiger charge is -2.25. The summed E-state index contributed by atoms with van der Waals surface area (Å²) in [5.41, 5.74) is 2.93. The fourth-order valence-corrected chi connectivity index (χ4v) is 6.55. The highest BCUT2D eigenvalue weighted by molar-refractivity contribution is 8.00. The maximum Gasteiger partial charge on any atom is 0.238 e. The van der Waals surface area contributed by atoms with Crippen molar-refractivity contribution in [1.82, 2.24) is 4.90 Å². The van der Waals surface area contributed by atoms with Gasteiger partial charge in [0.15, 0.2) is 0 Å². The quantitative estimate of drug-likeness (QED) is 0.332. The van der Waals surface area contributed by atoms with Crippen molar-refractivity contribution in [3.8, 4) is 6.07 Å². The van der Waals surface area contributed by atoms with Crippen LogP contribution in [-0.4, -0.2) is 34.4 Å². The zero-order valence-electron chi connectivity index (χ0n) is 21.0. The first-order chi connectivity index (χ1) is 18.3. The van der Waals surface area contributed by atoms with E-state index in [1.807, 2.05) is 43.3 Å². The third-order valence-corrected chi connectivity index (χ3v) is 8.93. The van der Waals surface area contributed by atoms with E-state index in [1.165, 1.54) is 30.0 Å². The van der Waals surface area contributed by atoms with Gasteiger partial charge in [0.2, 0.25) is 17.7 Å². The molecule has 0 saturated heterocycles. The highest BCUT2D eigenvalue weighted by atomic mass is 35.5.